The fraction of sp³-hybridized carbons (Fsp3) is 0.571. The summed E-state index contributed by atoms with van der Waals surface area (Å²) in [5.74, 6) is 1.65. The highest BCUT2D eigenvalue weighted by Crippen LogP contribution is 2.41. The van der Waals surface area contributed by atoms with E-state index in [1.807, 2.05) is 4.90 Å². The third-order valence-electron chi connectivity index (χ3n) is 6.01. The van der Waals surface area contributed by atoms with E-state index in [9.17, 15) is 4.79 Å². The molecule has 0 bridgehead atoms. The number of benzene rings is 1. The van der Waals surface area contributed by atoms with Crippen LogP contribution in [0.2, 0.25) is 0 Å². The van der Waals surface area contributed by atoms with Crippen LogP contribution in [0.25, 0.3) is 0 Å². The van der Waals surface area contributed by atoms with Gasteiger partial charge in [0, 0.05) is 32.2 Å². The van der Waals surface area contributed by atoms with Crippen LogP contribution in [0.4, 0.5) is 5.95 Å². The molecule has 0 spiro atoms. The van der Waals surface area contributed by atoms with Gasteiger partial charge in [0.05, 0.1) is 5.75 Å². The van der Waals surface area contributed by atoms with Gasteiger partial charge in [-0.25, -0.2) is 0 Å². The van der Waals surface area contributed by atoms with Crippen molar-refractivity contribution in [1.82, 2.24) is 19.7 Å². The van der Waals surface area contributed by atoms with E-state index >= 15 is 0 Å². The molecule has 0 N–H and O–H groups in total. The maximum absolute atomic E-state index is 12.8. The van der Waals surface area contributed by atoms with Crippen molar-refractivity contribution in [3.63, 3.8) is 0 Å². The van der Waals surface area contributed by atoms with Gasteiger partial charge in [0.25, 0.3) is 0 Å². The molecule has 28 heavy (non-hydrogen) atoms. The molecule has 6 nitrogen and oxygen atoms in total. The highest BCUT2D eigenvalue weighted by molar-refractivity contribution is 7.99. The first-order chi connectivity index (χ1) is 13.8. The van der Waals surface area contributed by atoms with Gasteiger partial charge in [0.15, 0.2) is 5.16 Å². The molecule has 7 heteroatoms. The van der Waals surface area contributed by atoms with Crippen molar-refractivity contribution in [3.8, 4) is 0 Å². The third-order valence-corrected chi connectivity index (χ3v) is 6.93. The van der Waals surface area contributed by atoms with Crippen LogP contribution in [0, 0.1) is 0 Å². The number of anilines is 1. The molecule has 148 valence electrons. The Balaban J connectivity index is 1.25. The Morgan fingerprint density at radius 2 is 1.82 bits per heavy atom. The fourth-order valence-corrected chi connectivity index (χ4v) is 5.16. The number of thioether (sulfide) groups is 1. The maximum atomic E-state index is 12.8. The average molecular weight is 398 g/mol. The Morgan fingerprint density at radius 3 is 2.61 bits per heavy atom. The van der Waals surface area contributed by atoms with E-state index < -0.39 is 0 Å². The number of carbonyl (C=O) groups excluding carboxylic acids is 1. The van der Waals surface area contributed by atoms with E-state index in [-0.39, 0.29) is 5.91 Å². The van der Waals surface area contributed by atoms with Crippen molar-refractivity contribution >= 4 is 23.6 Å². The van der Waals surface area contributed by atoms with Gasteiger partial charge in [-0.2, -0.15) is 0 Å². The van der Waals surface area contributed by atoms with Crippen LogP contribution in [0.15, 0.2) is 29.4 Å². The van der Waals surface area contributed by atoms with Gasteiger partial charge in [-0.3, -0.25) is 9.36 Å². The van der Waals surface area contributed by atoms with Crippen LogP contribution in [0.5, 0.6) is 0 Å². The lowest BCUT2D eigenvalue weighted by molar-refractivity contribution is -0.129. The average Bonchev–Trinajstić information content (AvgIpc) is 3.51. The zero-order valence-corrected chi connectivity index (χ0v) is 17.0. The number of fused-ring (bicyclic) bond motifs is 1. The van der Waals surface area contributed by atoms with Gasteiger partial charge < -0.3 is 9.80 Å². The maximum Gasteiger partial charge on any atom is 0.233 e. The summed E-state index contributed by atoms with van der Waals surface area (Å²) in [7, 11) is 0. The lowest BCUT2D eigenvalue weighted by Gasteiger charge is -2.29. The van der Waals surface area contributed by atoms with E-state index in [0.29, 0.717) is 11.8 Å². The molecule has 0 unspecified atom stereocenters. The number of piperidine rings is 1. The van der Waals surface area contributed by atoms with Crippen molar-refractivity contribution in [1.29, 1.82) is 0 Å². The van der Waals surface area contributed by atoms with E-state index in [1.165, 1.54) is 43.2 Å². The van der Waals surface area contributed by atoms with Crippen molar-refractivity contribution in [2.24, 2.45) is 0 Å². The summed E-state index contributed by atoms with van der Waals surface area (Å²) < 4.78 is 2.30. The number of hydrogen-bond donors (Lipinski definition) is 0. The number of carbonyl (C=O) groups is 1. The number of amides is 1. The van der Waals surface area contributed by atoms with Gasteiger partial charge in [-0.15, -0.1) is 10.2 Å². The molecule has 3 aliphatic rings. The molecule has 1 amide bonds. The molecule has 2 aliphatic heterocycles. The zero-order chi connectivity index (χ0) is 18.9. The first kappa shape index (κ1) is 18.0. The highest BCUT2D eigenvalue weighted by atomic mass is 32.2. The van der Waals surface area contributed by atoms with Crippen molar-refractivity contribution in [3.05, 3.63) is 35.4 Å². The Hall–Kier alpha value is -2.02. The quantitative estimate of drug-likeness (QED) is 0.725. The molecule has 2 aromatic rings. The lowest BCUT2D eigenvalue weighted by Crippen LogP contribution is -2.37. The van der Waals surface area contributed by atoms with Crippen molar-refractivity contribution in [2.75, 3.05) is 30.3 Å². The fourth-order valence-electron chi connectivity index (χ4n) is 4.26. The van der Waals surface area contributed by atoms with Gasteiger partial charge in [0.2, 0.25) is 11.9 Å². The lowest BCUT2D eigenvalue weighted by atomic mass is 10.00. The topological polar surface area (TPSA) is 54.3 Å². The second kappa shape index (κ2) is 7.78. The van der Waals surface area contributed by atoms with Crippen LogP contribution >= 0.6 is 11.8 Å². The Morgan fingerprint density at radius 1 is 1.04 bits per heavy atom. The zero-order valence-electron chi connectivity index (χ0n) is 16.2. The minimum Gasteiger partial charge on any atom is -0.341 e. The summed E-state index contributed by atoms with van der Waals surface area (Å²) in [6.45, 7) is 3.68. The number of hydrogen-bond acceptors (Lipinski definition) is 5. The summed E-state index contributed by atoms with van der Waals surface area (Å²) in [5, 5.41) is 9.89. The van der Waals surface area contributed by atoms with E-state index in [0.717, 1.165) is 43.7 Å². The number of aromatic nitrogens is 3. The van der Waals surface area contributed by atoms with Crippen LogP contribution < -0.4 is 4.90 Å². The van der Waals surface area contributed by atoms with Gasteiger partial charge >= 0.3 is 0 Å². The van der Waals surface area contributed by atoms with Crippen LogP contribution in [0.3, 0.4) is 0 Å². The Labute approximate surface area is 170 Å². The number of nitrogens with zero attached hydrogens (tertiary/aromatic N) is 5. The monoisotopic (exact) mass is 397 g/mol. The van der Waals surface area contributed by atoms with E-state index in [1.54, 1.807) is 11.8 Å². The molecule has 1 saturated carbocycles. The minimum atomic E-state index is 0.198. The van der Waals surface area contributed by atoms with Gasteiger partial charge in [0.1, 0.15) is 0 Å². The summed E-state index contributed by atoms with van der Waals surface area (Å²) >= 11 is 1.55. The molecule has 1 aromatic heterocycles. The summed E-state index contributed by atoms with van der Waals surface area (Å²) in [4.78, 5) is 17.2. The van der Waals surface area contributed by atoms with Crippen LogP contribution in [-0.4, -0.2) is 51.0 Å². The predicted molar refractivity (Wildman–Crippen MR) is 111 cm³/mol. The van der Waals surface area contributed by atoms with Crippen molar-refractivity contribution < 1.29 is 4.79 Å². The molecule has 1 aromatic carbocycles. The standard InChI is InChI=1S/C21H27N5OS/c27-19(25-13-10-16-6-2-3-7-17(16)14-25)15-28-21-23-22-20(26(21)18-8-9-18)24-11-4-1-5-12-24/h2-3,6-7,18H,1,4-5,8-15H2. The third kappa shape index (κ3) is 3.64. The molecule has 1 saturated heterocycles. The molecule has 0 atom stereocenters. The van der Waals surface area contributed by atoms with Gasteiger partial charge in [-0.05, 0) is 49.7 Å². The summed E-state index contributed by atoms with van der Waals surface area (Å²) in [6.07, 6.45) is 7.11. The highest BCUT2D eigenvalue weighted by Gasteiger charge is 2.32. The summed E-state index contributed by atoms with van der Waals surface area (Å²) in [5.41, 5.74) is 2.65. The molecule has 3 heterocycles. The van der Waals surface area contributed by atoms with Crippen molar-refractivity contribution in [2.45, 2.75) is 56.3 Å². The Bertz CT molecular complexity index is 856. The second-order valence-electron chi connectivity index (χ2n) is 8.05. The van der Waals surface area contributed by atoms with E-state index in [4.69, 9.17) is 0 Å². The van der Waals surface area contributed by atoms with E-state index in [2.05, 4.69) is 43.9 Å². The molecule has 1 aliphatic carbocycles. The second-order valence-corrected chi connectivity index (χ2v) is 9.00. The normalized spacial score (nSPS) is 19.6. The first-order valence-electron chi connectivity index (χ1n) is 10.5. The molecular formula is C21H27N5OS. The Kier molecular flexibility index (Phi) is 5.01. The van der Waals surface area contributed by atoms with Gasteiger partial charge in [-0.1, -0.05) is 36.0 Å². The summed E-state index contributed by atoms with van der Waals surface area (Å²) in [6, 6.07) is 8.97. The van der Waals surface area contributed by atoms with Crippen LogP contribution in [0.1, 0.15) is 49.3 Å². The largest absolute Gasteiger partial charge is 0.341 e. The predicted octanol–water partition coefficient (Wildman–Crippen LogP) is 3.28. The van der Waals surface area contributed by atoms with Crippen LogP contribution in [-0.2, 0) is 17.8 Å². The molecular weight excluding hydrogens is 370 g/mol. The molecule has 5 rings (SSSR count). The smallest absolute Gasteiger partial charge is 0.233 e. The minimum absolute atomic E-state index is 0.198. The molecule has 0 radical (unpaired) electrons. The first-order valence-corrected chi connectivity index (χ1v) is 11.5. The number of rotatable bonds is 5. The SMILES string of the molecule is O=C(CSc1nnc(N2CCCCC2)n1C1CC1)N1CCc2ccccc2C1. The molecule has 2 fully saturated rings.